The molecule has 7 nitrogen and oxygen atoms in total. The Kier molecular flexibility index (Phi) is 5.81. The molecule has 3 aromatic carbocycles. The van der Waals surface area contributed by atoms with E-state index in [1.165, 1.54) is 10.7 Å². The van der Waals surface area contributed by atoms with Gasteiger partial charge in [-0.05, 0) is 60.2 Å². The third-order valence-electron chi connectivity index (χ3n) is 5.85. The maximum Gasteiger partial charge on any atom is 0.274 e. The molecular weight excluding hydrogens is 433 g/mol. The van der Waals surface area contributed by atoms with Gasteiger partial charge in [-0.1, -0.05) is 24.3 Å². The summed E-state index contributed by atoms with van der Waals surface area (Å²) in [7, 11) is 0. The highest BCUT2D eigenvalue weighted by molar-refractivity contribution is 6.04. The first-order chi connectivity index (χ1) is 16.5. The van der Waals surface area contributed by atoms with Gasteiger partial charge in [0.1, 0.15) is 23.0 Å². The molecule has 172 valence electrons. The van der Waals surface area contributed by atoms with E-state index in [0.717, 1.165) is 16.3 Å². The molecular formula is C26H24FN5O2. The smallest absolute Gasteiger partial charge is 0.274 e. The van der Waals surface area contributed by atoms with Gasteiger partial charge in [0.05, 0.1) is 18.9 Å². The number of nitrogens with one attached hydrogen (secondary N) is 2. The number of ether oxygens (including phenoxy) is 1. The molecule has 1 aromatic heterocycles. The van der Waals surface area contributed by atoms with Gasteiger partial charge < -0.3 is 15.0 Å². The number of fused-ring (bicyclic) bond motifs is 1. The number of aryl methyl sites for hydroxylation is 1. The van der Waals surface area contributed by atoms with E-state index in [1.54, 1.807) is 43.3 Å². The number of amidine groups is 1. The fraction of sp³-hybridized carbons (Fsp3) is 0.192. The number of amides is 1. The van der Waals surface area contributed by atoms with Crippen LogP contribution in [0.1, 0.15) is 21.7 Å². The van der Waals surface area contributed by atoms with Crippen LogP contribution in [0.4, 0.5) is 10.1 Å². The monoisotopic (exact) mass is 457 g/mol. The summed E-state index contributed by atoms with van der Waals surface area (Å²) >= 11 is 0. The van der Waals surface area contributed by atoms with E-state index >= 15 is 0 Å². The van der Waals surface area contributed by atoms with Crippen molar-refractivity contribution < 1.29 is 13.9 Å². The van der Waals surface area contributed by atoms with Crippen LogP contribution < -0.4 is 5.32 Å². The average molecular weight is 458 g/mol. The number of carbonyl (C=O) groups excluding carboxylic acids is 1. The Morgan fingerprint density at radius 1 is 1.03 bits per heavy atom. The quantitative estimate of drug-likeness (QED) is 0.352. The Labute approximate surface area is 196 Å². The van der Waals surface area contributed by atoms with Gasteiger partial charge in [0.2, 0.25) is 0 Å². The lowest BCUT2D eigenvalue weighted by Gasteiger charge is -2.29. The lowest BCUT2D eigenvalue weighted by atomic mass is 10.1. The summed E-state index contributed by atoms with van der Waals surface area (Å²) in [6, 6.07) is 19.4. The molecule has 1 amide bonds. The van der Waals surface area contributed by atoms with Crippen molar-refractivity contribution in [1.29, 1.82) is 5.41 Å². The summed E-state index contributed by atoms with van der Waals surface area (Å²) in [5.74, 6) is -0.423. The SMILES string of the molecule is Cc1cc(C(=O)Nc2ccc(C(=N)N3CCOCC3)cc2)n(-c2cc3ccccc3cc2F)n1. The average Bonchev–Trinajstić information content (AvgIpc) is 3.25. The van der Waals surface area contributed by atoms with Crippen LogP contribution in [0, 0.1) is 18.2 Å². The van der Waals surface area contributed by atoms with Crippen molar-refractivity contribution >= 4 is 28.2 Å². The first-order valence-corrected chi connectivity index (χ1v) is 11.1. The van der Waals surface area contributed by atoms with Gasteiger partial charge in [0.25, 0.3) is 5.91 Å². The van der Waals surface area contributed by atoms with Gasteiger partial charge >= 0.3 is 0 Å². The van der Waals surface area contributed by atoms with Crippen LogP contribution in [0.15, 0.2) is 66.7 Å². The molecule has 0 bridgehead atoms. The molecule has 1 aliphatic heterocycles. The van der Waals surface area contributed by atoms with Crippen LogP contribution >= 0.6 is 0 Å². The van der Waals surface area contributed by atoms with E-state index in [9.17, 15) is 9.18 Å². The minimum Gasteiger partial charge on any atom is -0.378 e. The molecule has 34 heavy (non-hydrogen) atoms. The molecule has 5 rings (SSSR count). The standard InChI is InChI=1S/C26H24FN5O2/c1-17-14-24(32(30-17)23-16-20-5-3-2-4-19(20)15-22(23)27)26(33)29-21-8-6-18(7-9-21)25(28)31-10-12-34-13-11-31/h2-9,14-16,28H,10-13H2,1H3,(H,29,33). The van der Waals surface area contributed by atoms with Crippen LogP contribution in [0.2, 0.25) is 0 Å². The minimum absolute atomic E-state index is 0.214. The van der Waals surface area contributed by atoms with Crippen LogP contribution in [0.5, 0.6) is 0 Å². The van der Waals surface area contributed by atoms with E-state index in [0.29, 0.717) is 43.5 Å². The molecule has 0 spiro atoms. The van der Waals surface area contributed by atoms with Crippen LogP contribution in [-0.2, 0) is 4.74 Å². The Hall–Kier alpha value is -4.04. The normalized spacial score (nSPS) is 13.8. The number of aromatic nitrogens is 2. The first kappa shape index (κ1) is 21.8. The Morgan fingerprint density at radius 3 is 2.41 bits per heavy atom. The maximum absolute atomic E-state index is 14.9. The van der Waals surface area contributed by atoms with Crippen molar-refractivity contribution in [2.45, 2.75) is 6.92 Å². The van der Waals surface area contributed by atoms with E-state index in [1.807, 2.05) is 29.2 Å². The summed E-state index contributed by atoms with van der Waals surface area (Å²) < 4.78 is 21.6. The number of benzene rings is 3. The number of morpholine rings is 1. The molecule has 1 fully saturated rings. The Bertz CT molecular complexity index is 1370. The van der Waals surface area contributed by atoms with Gasteiger partial charge in [-0.2, -0.15) is 5.10 Å². The maximum atomic E-state index is 14.9. The number of halogens is 1. The van der Waals surface area contributed by atoms with Crippen LogP contribution in [0.3, 0.4) is 0 Å². The highest BCUT2D eigenvalue weighted by Crippen LogP contribution is 2.24. The molecule has 0 aliphatic carbocycles. The van der Waals surface area contributed by atoms with Crippen molar-refractivity contribution in [3.63, 3.8) is 0 Å². The predicted octanol–water partition coefficient (Wildman–Crippen LogP) is 4.38. The molecule has 1 saturated heterocycles. The van der Waals surface area contributed by atoms with Crippen molar-refractivity contribution in [2.75, 3.05) is 31.6 Å². The largest absolute Gasteiger partial charge is 0.378 e. The van der Waals surface area contributed by atoms with Crippen molar-refractivity contribution in [2.24, 2.45) is 0 Å². The fourth-order valence-corrected chi connectivity index (χ4v) is 4.08. The zero-order valence-corrected chi connectivity index (χ0v) is 18.7. The molecule has 2 heterocycles. The van der Waals surface area contributed by atoms with E-state index in [2.05, 4.69) is 10.4 Å². The second kappa shape index (κ2) is 9.07. The second-order valence-corrected chi connectivity index (χ2v) is 8.21. The van der Waals surface area contributed by atoms with Crippen molar-refractivity contribution in [3.8, 4) is 5.69 Å². The first-order valence-electron chi connectivity index (χ1n) is 11.1. The topological polar surface area (TPSA) is 83.2 Å². The molecule has 0 saturated carbocycles. The van der Waals surface area contributed by atoms with E-state index in [-0.39, 0.29) is 11.4 Å². The zero-order valence-electron chi connectivity index (χ0n) is 18.7. The highest BCUT2D eigenvalue weighted by atomic mass is 19.1. The minimum atomic E-state index is -0.457. The molecule has 0 radical (unpaired) electrons. The molecule has 8 heteroatoms. The highest BCUT2D eigenvalue weighted by Gasteiger charge is 2.19. The lowest BCUT2D eigenvalue weighted by molar-refractivity contribution is 0.0680. The fourth-order valence-electron chi connectivity index (χ4n) is 4.08. The molecule has 1 aliphatic rings. The molecule has 0 atom stereocenters. The molecule has 0 unspecified atom stereocenters. The summed E-state index contributed by atoms with van der Waals surface area (Å²) in [5, 5.41) is 17.3. The number of rotatable bonds is 4. The third kappa shape index (κ3) is 4.27. The summed E-state index contributed by atoms with van der Waals surface area (Å²) in [6.45, 7) is 4.36. The van der Waals surface area contributed by atoms with Gasteiger partial charge in [0, 0.05) is 24.3 Å². The zero-order chi connectivity index (χ0) is 23.7. The molecule has 2 N–H and O–H groups in total. The van der Waals surface area contributed by atoms with Gasteiger partial charge in [-0.25, -0.2) is 9.07 Å². The number of hydrogen-bond acceptors (Lipinski definition) is 4. The number of carbonyl (C=O) groups is 1. The summed E-state index contributed by atoms with van der Waals surface area (Å²) in [4.78, 5) is 15.1. The molecule has 4 aromatic rings. The summed E-state index contributed by atoms with van der Waals surface area (Å²) in [5.41, 5.74) is 2.39. The van der Waals surface area contributed by atoms with Crippen LogP contribution in [0.25, 0.3) is 16.5 Å². The second-order valence-electron chi connectivity index (χ2n) is 8.21. The van der Waals surface area contributed by atoms with E-state index in [4.69, 9.17) is 10.1 Å². The summed E-state index contributed by atoms with van der Waals surface area (Å²) in [6.07, 6.45) is 0. The van der Waals surface area contributed by atoms with Crippen LogP contribution in [-0.4, -0.2) is 52.7 Å². The Balaban J connectivity index is 1.38. The number of anilines is 1. The van der Waals surface area contributed by atoms with Gasteiger partial charge in [-0.15, -0.1) is 0 Å². The lowest BCUT2D eigenvalue weighted by Crippen LogP contribution is -2.40. The van der Waals surface area contributed by atoms with Gasteiger partial charge in [-0.3, -0.25) is 10.2 Å². The number of nitrogens with zero attached hydrogens (tertiary/aromatic N) is 3. The third-order valence-corrected chi connectivity index (χ3v) is 5.85. The number of hydrogen-bond donors (Lipinski definition) is 2. The van der Waals surface area contributed by atoms with Crippen molar-refractivity contribution in [3.05, 3.63) is 89.5 Å². The predicted molar refractivity (Wildman–Crippen MR) is 129 cm³/mol. The Morgan fingerprint density at radius 2 is 1.71 bits per heavy atom. The van der Waals surface area contributed by atoms with E-state index < -0.39 is 11.7 Å². The van der Waals surface area contributed by atoms with Gasteiger partial charge in [0.15, 0.2) is 0 Å². The van der Waals surface area contributed by atoms with Crippen molar-refractivity contribution in [1.82, 2.24) is 14.7 Å².